The number of hydrogen-bond donors (Lipinski definition) is 2. The molecule has 7 nitrogen and oxygen atoms in total. The Morgan fingerprint density at radius 3 is 2.44 bits per heavy atom. The number of nitrogens with one attached hydrogen (secondary N) is 1. The van der Waals surface area contributed by atoms with E-state index in [-0.39, 0.29) is 28.2 Å². The number of carbonyl (C=O) groups excluding carboxylic acids is 2. The third-order valence-electron chi connectivity index (χ3n) is 7.65. The van der Waals surface area contributed by atoms with Crippen molar-refractivity contribution in [3.05, 3.63) is 103 Å². The Balaban J connectivity index is 1.74. The van der Waals surface area contributed by atoms with Crippen LogP contribution in [-0.4, -0.2) is 34.0 Å². The Bertz CT molecular complexity index is 1700. The first-order valence-corrected chi connectivity index (χ1v) is 14.8. The van der Waals surface area contributed by atoms with E-state index < -0.39 is 45.8 Å². The molecule has 1 saturated heterocycles. The molecule has 2 amide bonds. The van der Waals surface area contributed by atoms with Crippen molar-refractivity contribution in [3.8, 4) is 11.5 Å². The number of phenolic OH excluding ortho intramolecular Hbond substituents is 1. The van der Waals surface area contributed by atoms with Crippen molar-refractivity contribution >= 4 is 72.7 Å². The van der Waals surface area contributed by atoms with Crippen molar-refractivity contribution in [3.63, 3.8) is 0 Å². The molecule has 2 N–H and O–H groups in total. The van der Waals surface area contributed by atoms with Gasteiger partial charge in [0.05, 0.1) is 33.5 Å². The maximum absolute atomic E-state index is 14.8. The molecule has 1 fully saturated rings. The monoisotopic (exact) mass is 759 g/mol. The second kappa shape index (κ2) is 11.5. The summed E-state index contributed by atoms with van der Waals surface area (Å²) in [7, 11) is 1.37. The highest BCUT2D eigenvalue weighted by molar-refractivity contribution is 9.13. The molecule has 2 aliphatic rings. The van der Waals surface area contributed by atoms with Crippen molar-refractivity contribution in [2.45, 2.75) is 23.9 Å². The lowest BCUT2D eigenvalue weighted by molar-refractivity contribution is -0.139. The predicted molar refractivity (Wildman–Crippen MR) is 162 cm³/mol. The number of halogens is 7. The van der Waals surface area contributed by atoms with Crippen LogP contribution in [0.2, 0.25) is 10.0 Å². The molecule has 1 aromatic heterocycles. The van der Waals surface area contributed by atoms with Crippen molar-refractivity contribution in [1.82, 2.24) is 9.99 Å². The predicted octanol–water partition coefficient (Wildman–Crippen LogP) is 8.20. The minimum Gasteiger partial charge on any atom is -0.503 e. The van der Waals surface area contributed by atoms with Gasteiger partial charge < -0.3 is 9.84 Å². The number of carbonyl (C=O) groups is 2. The van der Waals surface area contributed by atoms with Crippen LogP contribution in [0.5, 0.6) is 11.5 Å². The van der Waals surface area contributed by atoms with E-state index in [1.165, 1.54) is 7.11 Å². The number of benzene rings is 2. The van der Waals surface area contributed by atoms with Crippen LogP contribution in [0.25, 0.3) is 0 Å². The third kappa shape index (κ3) is 5.01. The number of allylic oxidation sites excluding steroid dienone is 3. The van der Waals surface area contributed by atoms with E-state index in [9.17, 15) is 27.9 Å². The van der Waals surface area contributed by atoms with Crippen LogP contribution >= 0.6 is 55.1 Å². The number of fused-ring (bicyclic) bond motifs is 1. The third-order valence-corrected chi connectivity index (χ3v) is 10.4. The van der Waals surface area contributed by atoms with Crippen molar-refractivity contribution < 1.29 is 32.6 Å². The van der Waals surface area contributed by atoms with Gasteiger partial charge in [-0.2, -0.15) is 18.2 Å². The van der Waals surface area contributed by atoms with Crippen LogP contribution in [-0.2, 0) is 21.2 Å². The molecule has 0 radical (unpaired) electrons. The van der Waals surface area contributed by atoms with Crippen LogP contribution in [0.15, 0.2) is 75.8 Å². The molecule has 2 aromatic carbocycles. The van der Waals surface area contributed by atoms with Gasteiger partial charge in [-0.1, -0.05) is 54.1 Å². The Morgan fingerprint density at radius 1 is 1.19 bits per heavy atom. The number of alkyl halides is 3. The van der Waals surface area contributed by atoms with Crippen LogP contribution in [0.3, 0.4) is 0 Å². The topological polar surface area (TPSA) is 91.8 Å². The number of methoxy groups -OCH3 is 1. The number of hydrazine groups is 1. The lowest BCUT2D eigenvalue weighted by Gasteiger charge is -2.43. The first-order chi connectivity index (χ1) is 20.3. The van der Waals surface area contributed by atoms with Gasteiger partial charge in [0, 0.05) is 21.6 Å². The van der Waals surface area contributed by atoms with Gasteiger partial charge in [0.2, 0.25) is 0 Å². The van der Waals surface area contributed by atoms with Crippen LogP contribution in [0, 0.1) is 5.92 Å². The van der Waals surface area contributed by atoms with Gasteiger partial charge in [-0.3, -0.25) is 15.0 Å². The molecule has 224 valence electrons. The van der Waals surface area contributed by atoms with E-state index in [0.717, 1.165) is 5.01 Å². The molecule has 1 aliphatic carbocycles. The van der Waals surface area contributed by atoms with E-state index in [1.807, 2.05) is 0 Å². The molecule has 3 atom stereocenters. The summed E-state index contributed by atoms with van der Waals surface area (Å²) in [4.78, 5) is 32.6. The Morgan fingerprint density at radius 2 is 1.86 bits per heavy atom. The van der Waals surface area contributed by atoms with Crippen molar-refractivity contribution in [2.24, 2.45) is 5.92 Å². The largest absolute Gasteiger partial charge is 0.503 e. The molecule has 14 heteroatoms. The summed E-state index contributed by atoms with van der Waals surface area (Å²) in [6, 6.07) is 8.70. The minimum atomic E-state index is -4.70. The SMILES string of the molecule is C=CC1=CC[C@H]2C(=O)N(Nc3ncc(C(F)(F)F)cc3Cl)C(=O)[C@@]2(c2ccc(Cl)cc2)[C@H]1c1cc(OC)c(O)c(Br)c1Br. The van der Waals surface area contributed by atoms with Crippen LogP contribution < -0.4 is 10.2 Å². The number of rotatable bonds is 6. The van der Waals surface area contributed by atoms with Gasteiger partial charge in [-0.25, -0.2) is 4.98 Å². The highest BCUT2D eigenvalue weighted by Crippen LogP contribution is 2.60. The zero-order chi connectivity index (χ0) is 31.4. The number of hydrogen-bond acceptors (Lipinski definition) is 6. The molecule has 0 unspecified atom stereocenters. The molecular weight excluding hydrogens is 742 g/mol. The standard InChI is InChI=1S/C29H20Br2Cl2F3N3O4/c1-3-13-4-9-18-26(41)39(38-25-19(33)10-15(12-37-25)29(34,35)36)27(42)28(18,14-5-7-16(32)8-6-14)21(13)17-11-20(43-2)24(40)23(31)22(17)30/h3-8,10-12,18,21,40H,1,9H2,2H3,(H,37,38)/t18-,21+,28+/m0/s1. The Hall–Kier alpha value is -3.06. The van der Waals surface area contributed by atoms with Crippen molar-refractivity contribution in [1.29, 1.82) is 0 Å². The number of amides is 2. The van der Waals surface area contributed by atoms with Gasteiger partial charge in [0.15, 0.2) is 17.3 Å². The lowest BCUT2D eigenvalue weighted by Crippen LogP contribution is -2.48. The Kier molecular flexibility index (Phi) is 8.36. The fourth-order valence-corrected chi connectivity index (χ4v) is 7.03. The summed E-state index contributed by atoms with van der Waals surface area (Å²) in [6.45, 7) is 3.95. The molecular formula is C29H20Br2Cl2F3N3O4. The van der Waals surface area contributed by atoms with Gasteiger partial charge in [-0.05, 0) is 79.2 Å². The summed E-state index contributed by atoms with van der Waals surface area (Å²) < 4.78 is 45.7. The van der Waals surface area contributed by atoms with E-state index in [0.29, 0.717) is 38.5 Å². The second-order valence-corrected chi connectivity index (χ2v) is 12.2. The average Bonchev–Trinajstić information content (AvgIpc) is 3.18. The summed E-state index contributed by atoms with van der Waals surface area (Å²) >= 11 is 19.2. The zero-order valence-corrected chi connectivity index (χ0v) is 26.7. The maximum Gasteiger partial charge on any atom is 0.417 e. The molecule has 3 aromatic rings. The maximum atomic E-state index is 14.8. The zero-order valence-electron chi connectivity index (χ0n) is 22.0. The van der Waals surface area contributed by atoms with Crippen LogP contribution in [0.1, 0.15) is 29.0 Å². The van der Waals surface area contributed by atoms with E-state index in [2.05, 4.69) is 48.8 Å². The average molecular weight is 762 g/mol. The lowest BCUT2D eigenvalue weighted by atomic mass is 9.56. The van der Waals surface area contributed by atoms with Gasteiger partial charge in [-0.15, -0.1) is 0 Å². The Labute approximate surface area is 270 Å². The number of ether oxygens (including phenoxy) is 1. The number of nitrogens with zero attached hydrogens (tertiary/aromatic N) is 2. The molecule has 1 aliphatic heterocycles. The molecule has 2 heterocycles. The van der Waals surface area contributed by atoms with Crippen LogP contribution in [0.4, 0.5) is 19.0 Å². The van der Waals surface area contributed by atoms with E-state index in [1.54, 1.807) is 42.5 Å². The summed E-state index contributed by atoms with van der Waals surface area (Å²) in [6.07, 6.45) is -0.631. The summed E-state index contributed by atoms with van der Waals surface area (Å²) in [5.41, 5.74) is 1.41. The number of phenols is 1. The van der Waals surface area contributed by atoms with Gasteiger partial charge in [0.1, 0.15) is 0 Å². The fraction of sp³-hybridized carbons (Fsp3) is 0.207. The number of imide groups is 1. The highest BCUT2D eigenvalue weighted by atomic mass is 79.9. The summed E-state index contributed by atoms with van der Waals surface area (Å²) in [5.74, 6) is -3.61. The molecule has 0 saturated carbocycles. The first kappa shape index (κ1) is 31.4. The number of anilines is 1. The number of aromatic hydroxyl groups is 1. The fourth-order valence-electron chi connectivity index (χ4n) is 5.74. The summed E-state index contributed by atoms with van der Waals surface area (Å²) in [5, 5.41) is 11.3. The first-order valence-electron chi connectivity index (χ1n) is 12.5. The smallest absolute Gasteiger partial charge is 0.417 e. The number of aromatic nitrogens is 1. The highest BCUT2D eigenvalue weighted by Gasteiger charge is 2.66. The normalized spacial score (nSPS) is 21.9. The van der Waals surface area contributed by atoms with Gasteiger partial charge in [0.25, 0.3) is 11.8 Å². The second-order valence-electron chi connectivity index (χ2n) is 9.79. The molecule has 0 spiro atoms. The van der Waals surface area contributed by atoms with Gasteiger partial charge >= 0.3 is 6.18 Å². The molecule has 43 heavy (non-hydrogen) atoms. The van der Waals surface area contributed by atoms with E-state index >= 15 is 0 Å². The minimum absolute atomic E-state index is 0.106. The van der Waals surface area contributed by atoms with Crippen molar-refractivity contribution in [2.75, 3.05) is 12.5 Å². The van der Waals surface area contributed by atoms with E-state index in [4.69, 9.17) is 27.9 Å². The molecule has 0 bridgehead atoms. The number of pyridine rings is 1. The quantitative estimate of drug-likeness (QED) is 0.246. The molecule has 5 rings (SSSR count).